The first-order valence-electron chi connectivity index (χ1n) is 7.44. The first kappa shape index (κ1) is 12.9. The van der Waals surface area contributed by atoms with Crippen molar-refractivity contribution in [2.45, 2.75) is 57.1 Å². The minimum absolute atomic E-state index is 0.0636. The number of fused-ring (bicyclic) bond motifs is 1. The van der Waals surface area contributed by atoms with Crippen molar-refractivity contribution in [2.24, 2.45) is 0 Å². The highest BCUT2D eigenvalue weighted by atomic mass is 19.1. The summed E-state index contributed by atoms with van der Waals surface area (Å²) in [6, 6.07) is 5.25. The van der Waals surface area contributed by atoms with Gasteiger partial charge >= 0.3 is 0 Å². The van der Waals surface area contributed by atoms with Gasteiger partial charge in [-0.3, -0.25) is 0 Å². The molecule has 3 rings (SSSR count). The summed E-state index contributed by atoms with van der Waals surface area (Å²) in [5.74, 6) is 0.543. The normalized spacial score (nSPS) is 24.8. The molecule has 0 bridgehead atoms. The Morgan fingerprint density at radius 3 is 2.84 bits per heavy atom. The van der Waals surface area contributed by atoms with Gasteiger partial charge < -0.3 is 10.1 Å². The van der Waals surface area contributed by atoms with Crippen molar-refractivity contribution in [3.05, 3.63) is 29.6 Å². The van der Waals surface area contributed by atoms with Crippen LogP contribution in [0, 0.1) is 5.82 Å². The third-order valence-electron chi connectivity index (χ3n) is 4.47. The van der Waals surface area contributed by atoms with Gasteiger partial charge in [-0.05, 0) is 38.3 Å². The maximum atomic E-state index is 13.5. The highest BCUT2D eigenvalue weighted by Crippen LogP contribution is 2.46. The second kappa shape index (κ2) is 5.12. The zero-order valence-electron chi connectivity index (χ0n) is 11.5. The molecule has 1 aromatic rings. The first-order valence-corrected chi connectivity index (χ1v) is 7.44. The topological polar surface area (TPSA) is 21.3 Å². The fraction of sp³-hybridized carbons (Fsp3) is 0.625. The molecule has 2 nitrogen and oxygen atoms in total. The molecule has 1 atom stereocenters. The van der Waals surface area contributed by atoms with E-state index in [9.17, 15) is 4.39 Å². The van der Waals surface area contributed by atoms with E-state index in [0.29, 0.717) is 6.04 Å². The predicted molar refractivity (Wildman–Crippen MR) is 73.9 cm³/mol. The number of benzene rings is 1. The minimum Gasteiger partial charge on any atom is -0.487 e. The average molecular weight is 263 g/mol. The molecule has 0 saturated heterocycles. The molecule has 1 saturated carbocycles. The molecule has 0 radical (unpaired) electrons. The molecule has 1 aliphatic carbocycles. The van der Waals surface area contributed by atoms with Crippen LogP contribution >= 0.6 is 0 Å². The van der Waals surface area contributed by atoms with E-state index in [1.807, 2.05) is 6.07 Å². The molecule has 1 N–H and O–H groups in total. The van der Waals surface area contributed by atoms with Gasteiger partial charge in [-0.1, -0.05) is 19.4 Å². The van der Waals surface area contributed by atoms with Gasteiger partial charge in [0.2, 0.25) is 0 Å². The molecule has 19 heavy (non-hydrogen) atoms. The molecule has 1 unspecified atom stereocenters. The Kier molecular flexibility index (Phi) is 3.48. The van der Waals surface area contributed by atoms with E-state index in [1.165, 1.54) is 25.3 Å². The third kappa shape index (κ3) is 2.48. The van der Waals surface area contributed by atoms with Gasteiger partial charge in [0, 0.05) is 24.1 Å². The SMILES string of the molecule is CCNC1CC2(CCCCC2)Oc2cc(F)ccc21. The Morgan fingerprint density at radius 1 is 1.32 bits per heavy atom. The fourth-order valence-electron chi connectivity index (χ4n) is 3.57. The Balaban J connectivity index is 1.94. The second-order valence-corrected chi connectivity index (χ2v) is 5.84. The van der Waals surface area contributed by atoms with Crippen LogP contribution in [-0.4, -0.2) is 12.1 Å². The molecule has 104 valence electrons. The summed E-state index contributed by atoms with van der Waals surface area (Å²) in [5.41, 5.74) is 1.05. The van der Waals surface area contributed by atoms with Crippen LogP contribution < -0.4 is 10.1 Å². The maximum absolute atomic E-state index is 13.5. The molecule has 1 aromatic carbocycles. The van der Waals surface area contributed by atoms with Crippen molar-refractivity contribution in [2.75, 3.05) is 6.54 Å². The molecular weight excluding hydrogens is 241 g/mol. The quantitative estimate of drug-likeness (QED) is 0.872. The second-order valence-electron chi connectivity index (χ2n) is 5.84. The average Bonchev–Trinajstić information content (AvgIpc) is 2.39. The highest BCUT2D eigenvalue weighted by molar-refractivity contribution is 5.39. The van der Waals surface area contributed by atoms with E-state index in [1.54, 1.807) is 6.07 Å². The molecular formula is C16H22FNO. The zero-order chi connectivity index (χ0) is 13.3. The number of hydrogen-bond donors (Lipinski definition) is 1. The van der Waals surface area contributed by atoms with Crippen LogP contribution in [0.1, 0.15) is 57.1 Å². The number of rotatable bonds is 2. The van der Waals surface area contributed by atoms with Gasteiger partial charge in [-0.25, -0.2) is 4.39 Å². The number of halogens is 1. The van der Waals surface area contributed by atoms with Gasteiger partial charge in [-0.2, -0.15) is 0 Å². The standard InChI is InChI=1S/C16H22FNO/c1-2-18-14-11-16(8-4-3-5-9-16)19-15-10-12(17)6-7-13(14)15/h6-7,10,14,18H,2-5,8-9,11H2,1H3. The van der Waals surface area contributed by atoms with Crippen molar-refractivity contribution in [1.29, 1.82) is 0 Å². The summed E-state index contributed by atoms with van der Waals surface area (Å²) in [4.78, 5) is 0. The zero-order valence-corrected chi connectivity index (χ0v) is 11.5. The smallest absolute Gasteiger partial charge is 0.127 e. The van der Waals surface area contributed by atoms with E-state index >= 15 is 0 Å². The van der Waals surface area contributed by atoms with Crippen molar-refractivity contribution >= 4 is 0 Å². The van der Waals surface area contributed by atoms with Crippen LogP contribution in [-0.2, 0) is 0 Å². The molecule has 1 aliphatic heterocycles. The van der Waals surface area contributed by atoms with Gasteiger partial charge in [0.25, 0.3) is 0 Å². The largest absolute Gasteiger partial charge is 0.487 e. The molecule has 1 heterocycles. The molecule has 0 amide bonds. The minimum atomic E-state index is -0.207. The lowest BCUT2D eigenvalue weighted by molar-refractivity contribution is -0.00272. The van der Waals surface area contributed by atoms with Crippen LogP contribution in [0.15, 0.2) is 18.2 Å². The summed E-state index contributed by atoms with van der Waals surface area (Å²) in [7, 11) is 0. The van der Waals surface area contributed by atoms with Crippen molar-refractivity contribution in [1.82, 2.24) is 5.32 Å². The monoisotopic (exact) mass is 263 g/mol. The summed E-state index contributed by atoms with van der Waals surface area (Å²) < 4.78 is 19.7. The van der Waals surface area contributed by atoms with Gasteiger partial charge in [0.05, 0.1) is 0 Å². The summed E-state index contributed by atoms with van der Waals surface area (Å²) >= 11 is 0. The maximum Gasteiger partial charge on any atom is 0.127 e. The Bertz CT molecular complexity index is 454. The van der Waals surface area contributed by atoms with Crippen molar-refractivity contribution < 1.29 is 9.13 Å². The lowest BCUT2D eigenvalue weighted by Crippen LogP contribution is -2.45. The highest BCUT2D eigenvalue weighted by Gasteiger charge is 2.41. The Morgan fingerprint density at radius 2 is 2.11 bits per heavy atom. The van der Waals surface area contributed by atoms with Crippen LogP contribution in [0.25, 0.3) is 0 Å². The third-order valence-corrected chi connectivity index (χ3v) is 4.47. The van der Waals surface area contributed by atoms with Crippen LogP contribution in [0.5, 0.6) is 5.75 Å². The fourth-order valence-corrected chi connectivity index (χ4v) is 3.57. The van der Waals surface area contributed by atoms with E-state index in [2.05, 4.69) is 12.2 Å². The molecule has 1 spiro atoms. The summed E-state index contributed by atoms with van der Waals surface area (Å²) in [6.45, 7) is 3.05. The summed E-state index contributed by atoms with van der Waals surface area (Å²) in [5, 5.41) is 3.53. The van der Waals surface area contributed by atoms with Crippen LogP contribution in [0.3, 0.4) is 0 Å². The van der Waals surface area contributed by atoms with Gasteiger partial charge in [0.1, 0.15) is 17.2 Å². The number of ether oxygens (including phenoxy) is 1. The Labute approximate surface area is 114 Å². The van der Waals surface area contributed by atoms with Crippen molar-refractivity contribution in [3.8, 4) is 5.75 Å². The number of hydrogen-bond acceptors (Lipinski definition) is 2. The predicted octanol–water partition coefficient (Wildman–Crippen LogP) is 3.96. The molecule has 2 aliphatic rings. The van der Waals surface area contributed by atoms with Gasteiger partial charge in [-0.15, -0.1) is 0 Å². The van der Waals surface area contributed by atoms with E-state index in [-0.39, 0.29) is 11.4 Å². The molecule has 1 fully saturated rings. The first-order chi connectivity index (χ1) is 9.22. The van der Waals surface area contributed by atoms with Crippen LogP contribution in [0.4, 0.5) is 4.39 Å². The van der Waals surface area contributed by atoms with Gasteiger partial charge in [0.15, 0.2) is 0 Å². The van der Waals surface area contributed by atoms with E-state index < -0.39 is 0 Å². The molecule has 0 aromatic heterocycles. The Hall–Kier alpha value is -1.09. The van der Waals surface area contributed by atoms with E-state index in [0.717, 1.165) is 37.1 Å². The van der Waals surface area contributed by atoms with E-state index in [4.69, 9.17) is 4.74 Å². The lowest BCUT2D eigenvalue weighted by Gasteiger charge is -2.44. The van der Waals surface area contributed by atoms with Crippen LogP contribution in [0.2, 0.25) is 0 Å². The molecule has 3 heteroatoms. The summed E-state index contributed by atoms with van der Waals surface area (Å²) in [6.07, 6.45) is 6.97. The van der Waals surface area contributed by atoms with Crippen molar-refractivity contribution in [3.63, 3.8) is 0 Å². The lowest BCUT2D eigenvalue weighted by atomic mass is 9.77. The number of nitrogens with one attached hydrogen (secondary N) is 1.